The van der Waals surface area contributed by atoms with Gasteiger partial charge >= 0.3 is 13.3 Å². The Kier molecular flexibility index (Phi) is 17.7. The lowest BCUT2D eigenvalue weighted by Gasteiger charge is -2.35. The van der Waals surface area contributed by atoms with Gasteiger partial charge in [-0.05, 0) is 115 Å². The lowest BCUT2D eigenvalue weighted by atomic mass is 9.91. The first-order valence-electron chi connectivity index (χ1n) is 27.7. The van der Waals surface area contributed by atoms with Crippen LogP contribution in [0.3, 0.4) is 0 Å². The van der Waals surface area contributed by atoms with Crippen LogP contribution in [0.15, 0.2) is 84.9 Å². The summed E-state index contributed by atoms with van der Waals surface area (Å²) in [5.41, 5.74) is 2.50. The van der Waals surface area contributed by atoms with Crippen molar-refractivity contribution in [1.82, 2.24) is 36.0 Å². The third kappa shape index (κ3) is 12.9. The molecule has 4 fully saturated rings. The molecule has 4 aromatic rings. The van der Waals surface area contributed by atoms with E-state index in [9.17, 15) is 66.3 Å². The van der Waals surface area contributed by atoms with Gasteiger partial charge in [-0.3, -0.25) is 53.0 Å². The highest BCUT2D eigenvalue weighted by Gasteiger charge is 2.58. The number of hydrogen-bond donors (Lipinski definition) is 7. The molecule has 0 radical (unpaired) electrons. The fourth-order valence-corrected chi connectivity index (χ4v) is 12.1. The second-order valence-corrected chi connectivity index (χ2v) is 23.5. The zero-order valence-corrected chi connectivity index (χ0v) is 46.0. The molecule has 7 atom stereocenters. The number of alkyl halides is 2. The van der Waals surface area contributed by atoms with Gasteiger partial charge in [-0.25, -0.2) is 0 Å². The number of carbonyl (C=O) groups is 9. The topological polar surface area (TPSA) is 295 Å². The van der Waals surface area contributed by atoms with E-state index in [1.165, 1.54) is 34.1 Å². The first-order valence-corrected chi connectivity index (χ1v) is 29.3. The van der Waals surface area contributed by atoms with Gasteiger partial charge in [-0.2, -0.15) is 8.78 Å². The molecule has 9 rings (SSSR count). The van der Waals surface area contributed by atoms with Gasteiger partial charge in [-0.1, -0.05) is 86.2 Å². The van der Waals surface area contributed by atoms with Gasteiger partial charge in [0.25, 0.3) is 11.8 Å². The molecule has 1 aliphatic carbocycles. The molecule has 2 unspecified atom stereocenters. The van der Waals surface area contributed by atoms with Gasteiger partial charge in [0.15, 0.2) is 0 Å². The van der Waals surface area contributed by atoms with Crippen LogP contribution in [0, 0.1) is 29.6 Å². The van der Waals surface area contributed by atoms with E-state index >= 15 is 0 Å². The summed E-state index contributed by atoms with van der Waals surface area (Å²) in [6, 6.07) is 15.6. The largest absolute Gasteiger partial charge is 0.399 e. The number of likely N-dealkylation sites (tertiary alicyclic amines) is 2. The average Bonchev–Trinajstić information content (AvgIpc) is 4.03. The minimum atomic E-state index is -5.88. The van der Waals surface area contributed by atoms with Crippen molar-refractivity contribution in [3.63, 3.8) is 0 Å². The van der Waals surface area contributed by atoms with Crippen molar-refractivity contribution in [2.24, 2.45) is 23.5 Å². The predicted molar refractivity (Wildman–Crippen MR) is 293 cm³/mol. The van der Waals surface area contributed by atoms with E-state index in [0.717, 1.165) is 24.1 Å². The number of imide groups is 1. The summed E-state index contributed by atoms with van der Waals surface area (Å²) in [6.07, 6.45) is 4.44. The van der Waals surface area contributed by atoms with Crippen LogP contribution in [0.5, 0.6) is 0 Å². The normalized spacial score (nSPS) is 20.8. The maximum absolute atomic E-state index is 14.6. The molecular formula is C59H65F2N8O12P. The molecule has 0 aromatic heterocycles. The van der Waals surface area contributed by atoms with Crippen molar-refractivity contribution in [3.8, 4) is 11.8 Å². The number of piperidine rings is 3. The molecule has 5 aliphatic rings. The first-order chi connectivity index (χ1) is 39.1. The van der Waals surface area contributed by atoms with E-state index in [0.29, 0.717) is 73.7 Å². The molecule has 1 saturated carbocycles. The third-order valence-corrected chi connectivity index (χ3v) is 17.3. The Hall–Kier alpha value is -7.86. The fourth-order valence-electron chi connectivity index (χ4n) is 11.6. The number of nitrogens with one attached hydrogen (secondary N) is 4. The van der Waals surface area contributed by atoms with Crippen LogP contribution in [0.25, 0.3) is 10.8 Å². The maximum atomic E-state index is 14.6. The summed E-state index contributed by atoms with van der Waals surface area (Å²) in [5, 5.41) is 11.2. The lowest BCUT2D eigenvalue weighted by molar-refractivity contribution is -0.142. The van der Waals surface area contributed by atoms with Crippen LogP contribution in [0.1, 0.15) is 133 Å². The zero-order chi connectivity index (χ0) is 58.6. The molecule has 3 saturated heterocycles. The minimum Gasteiger partial charge on any atom is -0.370 e. The summed E-state index contributed by atoms with van der Waals surface area (Å²) < 4.78 is 40.9. The number of carbonyl (C=O) groups excluding carboxylic acids is 9. The van der Waals surface area contributed by atoms with Crippen molar-refractivity contribution in [2.75, 3.05) is 19.6 Å². The maximum Gasteiger partial charge on any atom is 0.399 e. The van der Waals surface area contributed by atoms with Crippen LogP contribution >= 0.6 is 7.60 Å². The first kappa shape index (κ1) is 58.8. The van der Waals surface area contributed by atoms with Gasteiger partial charge < -0.3 is 46.2 Å². The highest BCUT2D eigenvalue weighted by atomic mass is 31.2. The van der Waals surface area contributed by atoms with E-state index in [2.05, 4.69) is 33.1 Å². The van der Waals surface area contributed by atoms with Gasteiger partial charge in [-0.15, -0.1) is 0 Å². The number of benzene rings is 4. The number of hydrogen-bond acceptors (Lipinski definition) is 10. The fraction of sp³-hybridized carbons (Fsp3) is 0.441. The molecule has 23 heteroatoms. The Morgan fingerprint density at radius 2 is 1.61 bits per heavy atom. The Morgan fingerprint density at radius 1 is 0.866 bits per heavy atom. The molecule has 4 aliphatic heterocycles. The number of nitrogens with zero attached hydrogens (tertiary/aromatic N) is 3. The number of rotatable bonds is 20. The molecule has 0 bridgehead atoms. The second-order valence-electron chi connectivity index (χ2n) is 21.9. The van der Waals surface area contributed by atoms with Gasteiger partial charge in [0.1, 0.15) is 30.2 Å². The Morgan fingerprint density at radius 3 is 2.32 bits per heavy atom. The average molecular weight is 1150 g/mol. The van der Waals surface area contributed by atoms with E-state index in [-0.39, 0.29) is 91.6 Å². The number of primary amides is 1. The van der Waals surface area contributed by atoms with E-state index in [4.69, 9.17) is 5.73 Å². The summed E-state index contributed by atoms with van der Waals surface area (Å²) in [6.45, 7) is 3.07. The summed E-state index contributed by atoms with van der Waals surface area (Å²) >= 11 is 0. The standard InChI is InChI=1S/C59H65F2N8O12P/c1-2-3-16-46(64-52(72)38-18-17-35-19-20-41(30-39(35)29-38)59(60,61)82(79,80)81)57(77)69-32-40-31-43(40)51(69)55(75)63-45(21-23-48(62)70)53(73)66-50(37-12-5-4-6-13-37)58(78)67-27-25-34(26-28-67)10-7-8-11-36-14-9-15-42-44(36)33-68(56(42)76)47-22-24-49(71)65-54(47)74/h4-6,9,12-15,17-20,29-30,34,40,43,45-47,50-51H,2-3,7,10,16,21-28,31-33H2,1H3,(H2,62,70)(H,63,75)(H,64,72)(H,66,73)(H,65,71,74)(H2,79,80,81)/t40?,43-,45+,46+,47?,50+,51+/m1/s1. The number of halogens is 2. The smallest absolute Gasteiger partial charge is 0.370 e. The van der Waals surface area contributed by atoms with E-state index in [1.54, 1.807) is 47.4 Å². The van der Waals surface area contributed by atoms with Crippen LogP contribution in [-0.4, -0.2) is 121 Å². The summed E-state index contributed by atoms with van der Waals surface area (Å²) in [7, 11) is -5.88. The molecular weight excluding hydrogens is 1080 g/mol. The summed E-state index contributed by atoms with van der Waals surface area (Å²) in [5.74, 6) is 1.44. The monoisotopic (exact) mass is 1150 g/mol. The number of amides is 9. The van der Waals surface area contributed by atoms with E-state index in [1.807, 2.05) is 13.0 Å². The second kappa shape index (κ2) is 24.7. The van der Waals surface area contributed by atoms with Crippen molar-refractivity contribution in [2.45, 2.75) is 126 Å². The molecule has 4 heterocycles. The number of unbranched alkanes of at least 4 members (excludes halogenated alkanes) is 1. The Bertz CT molecular complexity index is 3320. The third-order valence-electron chi connectivity index (χ3n) is 16.4. The van der Waals surface area contributed by atoms with Crippen molar-refractivity contribution >= 4 is 71.5 Å². The molecule has 0 spiro atoms. The highest BCUT2D eigenvalue weighted by Crippen LogP contribution is 2.59. The molecule has 20 nitrogen and oxygen atoms in total. The van der Waals surface area contributed by atoms with Crippen molar-refractivity contribution in [3.05, 3.63) is 118 Å². The van der Waals surface area contributed by atoms with E-state index < -0.39 is 84.5 Å². The minimum absolute atomic E-state index is 0.0207. The highest BCUT2D eigenvalue weighted by molar-refractivity contribution is 7.52. The zero-order valence-electron chi connectivity index (χ0n) is 45.1. The SMILES string of the molecule is CCCC[C@H](NC(=O)c1ccc2ccc(C(F)(F)P(=O)(O)O)cc2c1)C(=O)N1CC2C[C@H]2[C@H]1C(=O)N[C@@H](CCC(N)=O)C(=O)N[C@H](C(=O)N1CCC(CCC#Cc2cccc3c2CN(C2CCC(=O)NC2=O)C3=O)CC1)c1ccccc1. The van der Waals surface area contributed by atoms with Gasteiger partial charge in [0, 0.05) is 67.7 Å². The number of fused-ring (bicyclic) bond motifs is 3. The van der Waals surface area contributed by atoms with Crippen LogP contribution in [0.2, 0.25) is 0 Å². The lowest BCUT2D eigenvalue weighted by Crippen LogP contribution is -2.58. The van der Waals surface area contributed by atoms with Gasteiger partial charge in [0.2, 0.25) is 41.4 Å². The Labute approximate surface area is 471 Å². The summed E-state index contributed by atoms with van der Waals surface area (Å²) in [4.78, 5) is 145. The van der Waals surface area contributed by atoms with Crippen LogP contribution < -0.4 is 27.0 Å². The molecule has 8 N–H and O–H groups in total. The van der Waals surface area contributed by atoms with Crippen molar-refractivity contribution in [1.29, 1.82) is 0 Å². The van der Waals surface area contributed by atoms with Gasteiger partial charge in [0.05, 0.1) is 0 Å². The van der Waals surface area contributed by atoms with Crippen LogP contribution in [0.4, 0.5) is 8.78 Å². The predicted octanol–water partition coefficient (Wildman–Crippen LogP) is 4.64. The quantitative estimate of drug-likeness (QED) is 0.0362. The Balaban J connectivity index is 0.832. The molecule has 432 valence electrons. The number of nitrogens with two attached hydrogens (primary N) is 1. The molecule has 82 heavy (non-hydrogen) atoms. The van der Waals surface area contributed by atoms with Crippen LogP contribution in [-0.2, 0) is 50.3 Å². The van der Waals surface area contributed by atoms with Crippen molar-refractivity contribution < 1.29 is 66.3 Å². The molecule has 4 aromatic carbocycles. The molecule has 9 amide bonds.